The summed E-state index contributed by atoms with van der Waals surface area (Å²) in [6.07, 6.45) is 1.11. The highest BCUT2D eigenvalue weighted by Crippen LogP contribution is 2.35. The van der Waals surface area contributed by atoms with Crippen LogP contribution in [0.3, 0.4) is 0 Å². The zero-order chi connectivity index (χ0) is 45.8. The van der Waals surface area contributed by atoms with E-state index in [4.69, 9.17) is 14.2 Å². The van der Waals surface area contributed by atoms with Gasteiger partial charge in [0, 0.05) is 40.0 Å². The third-order valence-corrected chi connectivity index (χ3v) is 13.3. The van der Waals surface area contributed by atoms with Crippen LogP contribution in [0.4, 0.5) is 0 Å². The van der Waals surface area contributed by atoms with Gasteiger partial charge in [-0.15, -0.1) is 5.10 Å². The average Bonchev–Trinajstić information content (AvgIpc) is 3.74. The van der Waals surface area contributed by atoms with E-state index in [1.807, 2.05) is 68.1 Å². The molecule has 5 rings (SSSR count). The number of allylic oxidation sites excluding steroid dienone is 3. The zero-order valence-electron chi connectivity index (χ0n) is 37.7. The molecule has 15 heteroatoms. The zero-order valence-corrected chi connectivity index (χ0v) is 39.9. The number of rotatable bonds is 14. The lowest BCUT2D eigenvalue weighted by atomic mass is 9.79. The number of aliphatic hydroxyl groups excluding tert-OH is 4. The molecular weight excluding hydrogens is 917 g/mol. The first-order chi connectivity index (χ1) is 30.1. The Morgan fingerprint density at radius 3 is 2.35 bits per heavy atom. The standard InChI is InChI=1S/C48H68IN5O9/c1-8-42-37(29-55)24-30(2)14-19-40(56)31(3)25-36(47(32(4)41(57)26-43(58)62-42)63-48-46(60)44(52(6)7)45(59)33(5)61-48)20-21-53(27-34-15-17-38(49)18-16-34)22-23-54-28-39(50-51-54)35-12-10-9-11-13-35/h9-19,24,28,31-33,36-37,41-42,44-48,55,57,59-60H,8,20-23,25-27,29H2,1-7H3/b19-14+,30-24+/t31-,32+,33-,36+,37-,41-,42-,44+,45-,46-,47-,48+/m1/s1. The summed E-state index contributed by atoms with van der Waals surface area (Å²) in [5, 5.41) is 53.8. The number of hydrogen-bond acceptors (Lipinski definition) is 13. The maximum absolute atomic E-state index is 13.9. The molecule has 2 aliphatic rings. The molecule has 0 amide bonds. The van der Waals surface area contributed by atoms with E-state index in [2.05, 4.69) is 62.1 Å². The number of nitrogens with zero attached hydrogens (tertiary/aromatic N) is 5. The number of cyclic esters (lactones) is 1. The fraction of sp³-hybridized carbons (Fsp3) is 0.583. The second-order valence-electron chi connectivity index (χ2n) is 17.6. The van der Waals surface area contributed by atoms with E-state index in [1.165, 1.54) is 0 Å². The van der Waals surface area contributed by atoms with Gasteiger partial charge in [-0.2, -0.15) is 0 Å². The van der Waals surface area contributed by atoms with E-state index >= 15 is 0 Å². The van der Waals surface area contributed by atoms with Gasteiger partial charge in [0.05, 0.1) is 56.2 Å². The topological polar surface area (TPSA) is 180 Å². The van der Waals surface area contributed by atoms with Crippen LogP contribution >= 0.6 is 22.6 Å². The second-order valence-corrected chi connectivity index (χ2v) is 18.9. The maximum Gasteiger partial charge on any atom is 0.308 e. The molecule has 0 saturated carbocycles. The van der Waals surface area contributed by atoms with Crippen molar-refractivity contribution in [3.8, 4) is 11.3 Å². The Balaban J connectivity index is 1.51. The molecule has 63 heavy (non-hydrogen) atoms. The molecule has 0 unspecified atom stereocenters. The Hall–Kier alpha value is -3.39. The molecule has 0 spiro atoms. The van der Waals surface area contributed by atoms with Gasteiger partial charge >= 0.3 is 5.97 Å². The van der Waals surface area contributed by atoms with E-state index in [9.17, 15) is 30.0 Å². The van der Waals surface area contributed by atoms with Crippen LogP contribution in [0.15, 0.2) is 84.6 Å². The number of carbonyl (C=O) groups is 2. The fourth-order valence-electron chi connectivity index (χ4n) is 8.72. The molecule has 1 saturated heterocycles. The molecule has 0 bridgehead atoms. The van der Waals surface area contributed by atoms with Crippen LogP contribution in [-0.4, -0.2) is 140 Å². The van der Waals surface area contributed by atoms with Gasteiger partial charge in [0.2, 0.25) is 0 Å². The molecule has 2 aromatic carbocycles. The minimum Gasteiger partial charge on any atom is -0.462 e. The third-order valence-electron chi connectivity index (χ3n) is 12.6. The number of benzene rings is 2. The van der Waals surface area contributed by atoms with Crippen molar-refractivity contribution in [3.05, 3.63) is 93.7 Å². The lowest BCUT2D eigenvalue weighted by Gasteiger charge is -2.46. The third kappa shape index (κ3) is 14.3. The van der Waals surface area contributed by atoms with Crippen molar-refractivity contribution in [2.75, 3.05) is 33.8 Å². The van der Waals surface area contributed by atoms with Crippen molar-refractivity contribution in [1.82, 2.24) is 24.8 Å². The molecule has 346 valence electrons. The van der Waals surface area contributed by atoms with E-state index < -0.39 is 78.6 Å². The summed E-state index contributed by atoms with van der Waals surface area (Å²) in [6, 6.07) is 17.6. The van der Waals surface area contributed by atoms with Gasteiger partial charge in [-0.1, -0.05) is 86.2 Å². The van der Waals surface area contributed by atoms with Crippen LogP contribution in [0.5, 0.6) is 0 Å². The van der Waals surface area contributed by atoms with Gasteiger partial charge < -0.3 is 39.5 Å². The SMILES string of the molecule is CC[C@H]1OC(=O)C[C@@H](O)[C@H](C)[C@@H](O[C@@H]2O[C@H](C)[C@@H](O)[C@H](N(C)C)[C@H]2O)[C@@H](CCN(CCn2cc(-c3ccccc3)nn2)Cc2ccc(I)cc2)C[C@@H](C)C(=O)/C=C/C(C)=C/[C@@H]1CO. The van der Waals surface area contributed by atoms with Crippen molar-refractivity contribution >= 4 is 34.3 Å². The highest BCUT2D eigenvalue weighted by Gasteiger charge is 2.47. The summed E-state index contributed by atoms with van der Waals surface area (Å²) < 4.78 is 21.9. The number of likely N-dealkylation sites (N-methyl/N-ethyl adjacent to an activating group) is 1. The minimum atomic E-state index is -1.26. The first-order valence-corrected chi connectivity index (χ1v) is 23.3. The van der Waals surface area contributed by atoms with Gasteiger partial charge in [0.25, 0.3) is 0 Å². The van der Waals surface area contributed by atoms with Crippen molar-refractivity contribution in [3.63, 3.8) is 0 Å². The molecule has 0 aliphatic carbocycles. The van der Waals surface area contributed by atoms with Crippen LogP contribution in [0.25, 0.3) is 11.3 Å². The van der Waals surface area contributed by atoms with E-state index in [1.54, 1.807) is 45.0 Å². The summed E-state index contributed by atoms with van der Waals surface area (Å²) in [4.78, 5) is 31.5. The largest absolute Gasteiger partial charge is 0.462 e. The predicted molar refractivity (Wildman–Crippen MR) is 249 cm³/mol. The first-order valence-electron chi connectivity index (χ1n) is 22.2. The van der Waals surface area contributed by atoms with Crippen LogP contribution < -0.4 is 0 Å². The van der Waals surface area contributed by atoms with E-state index in [0.717, 1.165) is 26.0 Å². The minimum absolute atomic E-state index is 0.0969. The van der Waals surface area contributed by atoms with Crippen LogP contribution in [0, 0.1) is 27.2 Å². The van der Waals surface area contributed by atoms with Crippen LogP contribution in [-0.2, 0) is 36.9 Å². The Labute approximate surface area is 386 Å². The van der Waals surface area contributed by atoms with Gasteiger partial charge in [-0.3, -0.25) is 19.2 Å². The molecule has 2 aliphatic heterocycles. The highest BCUT2D eigenvalue weighted by atomic mass is 127. The van der Waals surface area contributed by atoms with Crippen molar-refractivity contribution < 1.29 is 44.2 Å². The Bertz CT molecular complexity index is 1940. The molecule has 0 radical (unpaired) electrons. The molecule has 4 N–H and O–H groups in total. The molecule has 1 aromatic heterocycles. The number of ether oxygens (including phenoxy) is 3. The Kier molecular flexibility index (Phi) is 19.5. The number of aromatic nitrogens is 3. The van der Waals surface area contributed by atoms with Gasteiger partial charge in [-0.05, 0) is 106 Å². The average molecular weight is 986 g/mol. The van der Waals surface area contributed by atoms with Gasteiger partial charge in [0.15, 0.2) is 12.1 Å². The maximum atomic E-state index is 13.9. The Morgan fingerprint density at radius 1 is 0.968 bits per heavy atom. The normalized spacial score (nSPS) is 31.7. The highest BCUT2D eigenvalue weighted by molar-refractivity contribution is 14.1. The van der Waals surface area contributed by atoms with Crippen LogP contribution in [0.2, 0.25) is 0 Å². The van der Waals surface area contributed by atoms with Crippen molar-refractivity contribution in [1.29, 1.82) is 0 Å². The number of halogens is 1. The summed E-state index contributed by atoms with van der Waals surface area (Å²) >= 11 is 2.30. The smallest absolute Gasteiger partial charge is 0.308 e. The lowest BCUT2D eigenvalue weighted by molar-refractivity contribution is -0.304. The molecule has 12 atom stereocenters. The number of esters is 1. The number of hydrogen-bond donors (Lipinski definition) is 4. The lowest BCUT2D eigenvalue weighted by Crippen LogP contribution is -2.63. The molecule has 14 nitrogen and oxygen atoms in total. The summed E-state index contributed by atoms with van der Waals surface area (Å²) in [5.41, 5.74) is 3.63. The van der Waals surface area contributed by atoms with Crippen LogP contribution in [0.1, 0.15) is 65.9 Å². The fourth-order valence-corrected chi connectivity index (χ4v) is 9.08. The number of aliphatic hydroxyl groups is 4. The monoisotopic (exact) mass is 985 g/mol. The molecular formula is C48H68IN5O9. The Morgan fingerprint density at radius 2 is 1.68 bits per heavy atom. The molecule has 1 fully saturated rings. The summed E-state index contributed by atoms with van der Waals surface area (Å²) in [5.74, 6) is -2.80. The van der Waals surface area contributed by atoms with Crippen molar-refractivity contribution in [2.24, 2.45) is 23.7 Å². The van der Waals surface area contributed by atoms with E-state index in [0.29, 0.717) is 45.4 Å². The quantitative estimate of drug-likeness (QED) is 0.121. The second kappa shape index (κ2) is 24.2. The molecule has 3 aromatic rings. The predicted octanol–water partition coefficient (Wildman–Crippen LogP) is 5.27. The number of ketones is 1. The van der Waals surface area contributed by atoms with E-state index in [-0.39, 0.29) is 18.8 Å². The van der Waals surface area contributed by atoms with Crippen molar-refractivity contribution in [2.45, 2.75) is 122 Å². The first kappa shape index (κ1) is 50.6. The van der Waals surface area contributed by atoms with Gasteiger partial charge in [-0.25, -0.2) is 0 Å². The summed E-state index contributed by atoms with van der Waals surface area (Å²) in [6.45, 7) is 11.2. The molecule has 3 heterocycles. The number of carbonyl (C=O) groups excluding carboxylic acids is 2. The summed E-state index contributed by atoms with van der Waals surface area (Å²) in [7, 11) is 3.54. The van der Waals surface area contributed by atoms with Gasteiger partial charge in [0.1, 0.15) is 17.9 Å².